The van der Waals surface area contributed by atoms with Crippen LogP contribution in [0.3, 0.4) is 0 Å². The van der Waals surface area contributed by atoms with Crippen LogP contribution in [0.25, 0.3) is 0 Å². The first-order valence-electron chi connectivity index (χ1n) is 10.6. The molecule has 2 aliphatic rings. The fourth-order valence-electron chi connectivity index (χ4n) is 4.15. The minimum Gasteiger partial charge on any atom is -0.493 e. The molecule has 31 heavy (non-hydrogen) atoms. The van der Waals surface area contributed by atoms with E-state index in [9.17, 15) is 8.42 Å². The van der Waals surface area contributed by atoms with Crippen molar-refractivity contribution in [1.82, 2.24) is 14.4 Å². The van der Waals surface area contributed by atoms with Gasteiger partial charge in [0, 0.05) is 19.5 Å². The van der Waals surface area contributed by atoms with E-state index in [0.29, 0.717) is 42.7 Å². The highest BCUT2D eigenvalue weighted by molar-refractivity contribution is 7.89. The largest absolute Gasteiger partial charge is 0.493 e. The SMILES string of the molecule is Cc1cccc(OCCc2noc(C3CN(S(=O)(=O)c4ccc5c(c4)CCC5)C3)n2)c1. The van der Waals surface area contributed by atoms with Crippen LogP contribution in [0.4, 0.5) is 0 Å². The monoisotopic (exact) mass is 439 g/mol. The Balaban J connectivity index is 1.16. The van der Waals surface area contributed by atoms with E-state index in [1.54, 1.807) is 6.07 Å². The molecule has 2 aromatic carbocycles. The van der Waals surface area contributed by atoms with Gasteiger partial charge >= 0.3 is 0 Å². The summed E-state index contributed by atoms with van der Waals surface area (Å²) >= 11 is 0. The normalized spacial score (nSPS) is 16.8. The summed E-state index contributed by atoms with van der Waals surface area (Å²) in [5.41, 5.74) is 3.57. The summed E-state index contributed by atoms with van der Waals surface area (Å²) in [6.45, 7) is 3.19. The number of rotatable bonds is 7. The van der Waals surface area contributed by atoms with Crippen molar-refractivity contribution in [2.24, 2.45) is 0 Å². The number of hydrogen-bond acceptors (Lipinski definition) is 6. The maximum atomic E-state index is 12.9. The van der Waals surface area contributed by atoms with Gasteiger partial charge in [-0.25, -0.2) is 8.42 Å². The van der Waals surface area contributed by atoms with E-state index in [1.807, 2.05) is 43.3 Å². The van der Waals surface area contributed by atoms with Crippen molar-refractivity contribution >= 4 is 10.0 Å². The number of aromatic nitrogens is 2. The van der Waals surface area contributed by atoms with Crippen molar-refractivity contribution in [3.63, 3.8) is 0 Å². The third-order valence-corrected chi connectivity index (χ3v) is 7.80. The Morgan fingerprint density at radius 3 is 2.81 bits per heavy atom. The Morgan fingerprint density at radius 2 is 1.97 bits per heavy atom. The van der Waals surface area contributed by atoms with Gasteiger partial charge in [0.05, 0.1) is 17.4 Å². The smallest absolute Gasteiger partial charge is 0.243 e. The fraction of sp³-hybridized carbons (Fsp3) is 0.391. The van der Waals surface area contributed by atoms with E-state index in [2.05, 4.69) is 10.1 Å². The van der Waals surface area contributed by atoms with Crippen LogP contribution in [0.15, 0.2) is 51.9 Å². The van der Waals surface area contributed by atoms with Crippen LogP contribution in [0.1, 0.15) is 40.7 Å². The quantitative estimate of drug-likeness (QED) is 0.562. The summed E-state index contributed by atoms with van der Waals surface area (Å²) in [4.78, 5) is 4.82. The van der Waals surface area contributed by atoms with Crippen molar-refractivity contribution < 1.29 is 17.7 Å². The molecular formula is C23H25N3O4S. The van der Waals surface area contributed by atoms with Gasteiger partial charge in [-0.1, -0.05) is 23.4 Å². The maximum absolute atomic E-state index is 12.9. The Morgan fingerprint density at radius 1 is 1.13 bits per heavy atom. The van der Waals surface area contributed by atoms with Crippen LogP contribution in [0.5, 0.6) is 5.75 Å². The number of nitrogens with zero attached hydrogens (tertiary/aromatic N) is 3. The lowest BCUT2D eigenvalue weighted by Gasteiger charge is -2.35. The maximum Gasteiger partial charge on any atom is 0.243 e. The molecule has 0 atom stereocenters. The first-order valence-corrected chi connectivity index (χ1v) is 12.1. The van der Waals surface area contributed by atoms with Gasteiger partial charge in [0.1, 0.15) is 5.75 Å². The molecule has 3 aromatic rings. The van der Waals surface area contributed by atoms with E-state index in [-0.39, 0.29) is 5.92 Å². The van der Waals surface area contributed by atoms with Crippen molar-refractivity contribution in [3.05, 3.63) is 70.9 Å². The van der Waals surface area contributed by atoms with Crippen molar-refractivity contribution in [2.45, 2.75) is 43.4 Å². The molecule has 162 valence electrons. The molecule has 1 aliphatic heterocycles. The molecule has 7 nitrogen and oxygen atoms in total. The van der Waals surface area contributed by atoms with Crippen molar-refractivity contribution in [3.8, 4) is 5.75 Å². The first-order chi connectivity index (χ1) is 15.0. The molecule has 0 radical (unpaired) electrons. The third-order valence-electron chi connectivity index (χ3n) is 5.97. The lowest BCUT2D eigenvalue weighted by Crippen LogP contribution is -2.48. The average molecular weight is 440 g/mol. The molecular weight excluding hydrogens is 414 g/mol. The van der Waals surface area contributed by atoms with E-state index < -0.39 is 10.0 Å². The third kappa shape index (κ3) is 4.09. The van der Waals surface area contributed by atoms with Crippen LogP contribution in [0, 0.1) is 6.92 Å². The number of sulfonamides is 1. The molecule has 0 N–H and O–H groups in total. The zero-order chi connectivity index (χ0) is 21.4. The minimum absolute atomic E-state index is 0.0665. The summed E-state index contributed by atoms with van der Waals surface area (Å²) in [7, 11) is -3.48. The number of hydrogen-bond donors (Lipinski definition) is 0. The second-order valence-electron chi connectivity index (χ2n) is 8.27. The molecule has 5 rings (SSSR count). The molecule has 0 amide bonds. The standard InChI is InChI=1S/C23H25N3O4S/c1-16-4-2-7-20(12-16)29-11-10-22-24-23(30-25-22)19-14-26(15-19)31(27,28)21-9-8-17-5-3-6-18(17)13-21/h2,4,7-9,12-13,19H,3,5-6,10-11,14-15H2,1H3. The van der Waals surface area contributed by atoms with E-state index in [4.69, 9.17) is 9.26 Å². The summed E-state index contributed by atoms with van der Waals surface area (Å²) < 4.78 is 38.5. The molecule has 1 aliphatic carbocycles. The Kier molecular flexibility index (Phi) is 5.27. The molecule has 1 fully saturated rings. The number of ether oxygens (including phenoxy) is 1. The van der Waals surface area contributed by atoms with Gasteiger partial charge < -0.3 is 9.26 Å². The molecule has 0 spiro atoms. The van der Waals surface area contributed by atoms with Crippen molar-refractivity contribution in [1.29, 1.82) is 0 Å². The lowest BCUT2D eigenvalue weighted by atomic mass is 10.0. The summed E-state index contributed by atoms with van der Waals surface area (Å²) in [5, 5.41) is 4.02. The van der Waals surface area contributed by atoms with Gasteiger partial charge in [0.15, 0.2) is 5.82 Å². The highest BCUT2D eigenvalue weighted by Crippen LogP contribution is 2.33. The van der Waals surface area contributed by atoms with Gasteiger partial charge in [-0.15, -0.1) is 0 Å². The second kappa shape index (κ2) is 8.09. The van der Waals surface area contributed by atoms with E-state index in [1.165, 1.54) is 9.87 Å². The van der Waals surface area contributed by atoms with Gasteiger partial charge in [-0.2, -0.15) is 9.29 Å². The summed E-state index contributed by atoms with van der Waals surface area (Å²) in [5.74, 6) is 1.81. The van der Waals surface area contributed by atoms with Gasteiger partial charge in [0.25, 0.3) is 0 Å². The van der Waals surface area contributed by atoms with Crippen LogP contribution < -0.4 is 4.74 Å². The summed E-state index contributed by atoms with van der Waals surface area (Å²) in [6, 6.07) is 13.4. The highest BCUT2D eigenvalue weighted by Gasteiger charge is 2.40. The van der Waals surface area contributed by atoms with E-state index in [0.717, 1.165) is 36.1 Å². The molecule has 1 aromatic heterocycles. The molecule has 0 bridgehead atoms. The molecule has 2 heterocycles. The Labute approximate surface area is 182 Å². The average Bonchev–Trinajstić information content (AvgIpc) is 3.35. The number of aryl methyl sites for hydroxylation is 3. The number of benzene rings is 2. The predicted molar refractivity (Wildman–Crippen MR) is 115 cm³/mol. The first kappa shape index (κ1) is 20.2. The van der Waals surface area contributed by atoms with Crippen LogP contribution in [0.2, 0.25) is 0 Å². The van der Waals surface area contributed by atoms with Crippen LogP contribution in [-0.2, 0) is 29.3 Å². The molecule has 0 unspecified atom stereocenters. The van der Waals surface area contributed by atoms with E-state index >= 15 is 0 Å². The Hall–Kier alpha value is -2.71. The predicted octanol–water partition coefficient (Wildman–Crippen LogP) is 3.28. The van der Waals surface area contributed by atoms with Crippen molar-refractivity contribution in [2.75, 3.05) is 19.7 Å². The fourth-order valence-corrected chi connectivity index (χ4v) is 5.73. The molecule has 0 saturated carbocycles. The highest BCUT2D eigenvalue weighted by atomic mass is 32.2. The second-order valence-corrected chi connectivity index (χ2v) is 10.2. The zero-order valence-corrected chi connectivity index (χ0v) is 18.3. The van der Waals surface area contributed by atoms with Gasteiger partial charge in [0.2, 0.25) is 15.9 Å². The number of fused-ring (bicyclic) bond motifs is 1. The molecule has 1 saturated heterocycles. The lowest BCUT2D eigenvalue weighted by molar-refractivity contribution is 0.216. The zero-order valence-electron chi connectivity index (χ0n) is 17.5. The van der Waals surface area contributed by atoms with Crippen LogP contribution >= 0.6 is 0 Å². The Bertz CT molecular complexity index is 1200. The molecule has 8 heteroatoms. The topological polar surface area (TPSA) is 85.5 Å². The van der Waals surface area contributed by atoms with Gasteiger partial charge in [-0.3, -0.25) is 0 Å². The van der Waals surface area contributed by atoms with Crippen LogP contribution in [-0.4, -0.2) is 42.6 Å². The summed E-state index contributed by atoms with van der Waals surface area (Å²) in [6.07, 6.45) is 3.62. The minimum atomic E-state index is -3.48. The van der Waals surface area contributed by atoms with Gasteiger partial charge in [-0.05, 0) is 67.1 Å².